The first kappa shape index (κ1) is 20.7. The van der Waals surface area contributed by atoms with Gasteiger partial charge in [-0.3, -0.25) is 4.90 Å². The van der Waals surface area contributed by atoms with E-state index in [2.05, 4.69) is 44.0 Å². The van der Waals surface area contributed by atoms with Crippen LogP contribution in [0.1, 0.15) is 37.7 Å². The molecule has 1 aliphatic carbocycles. The minimum absolute atomic E-state index is 0. The Labute approximate surface area is 181 Å². The van der Waals surface area contributed by atoms with Crippen LogP contribution in [-0.2, 0) is 6.54 Å². The quantitative estimate of drug-likeness (QED) is 0.397. The highest BCUT2D eigenvalue weighted by molar-refractivity contribution is 14.0. The van der Waals surface area contributed by atoms with Crippen LogP contribution in [0.15, 0.2) is 29.3 Å². The van der Waals surface area contributed by atoms with Crippen LogP contribution in [-0.4, -0.2) is 61.6 Å². The highest BCUT2D eigenvalue weighted by Gasteiger charge is 2.26. The lowest BCUT2D eigenvalue weighted by molar-refractivity contribution is 0.248. The Morgan fingerprint density at radius 1 is 0.926 bits per heavy atom. The van der Waals surface area contributed by atoms with Gasteiger partial charge in [0.1, 0.15) is 0 Å². The molecule has 6 heteroatoms. The molecule has 0 unspecified atom stereocenters. The Kier molecular flexibility index (Phi) is 7.64. The van der Waals surface area contributed by atoms with Crippen molar-refractivity contribution >= 4 is 35.6 Å². The van der Waals surface area contributed by atoms with Crippen molar-refractivity contribution in [3.05, 3.63) is 29.8 Å². The number of piperazine rings is 1. The number of aliphatic imine (C=N–C) groups is 1. The zero-order chi connectivity index (χ0) is 17.8. The first-order chi connectivity index (χ1) is 12.8. The Morgan fingerprint density at radius 3 is 2.22 bits per heavy atom. The van der Waals surface area contributed by atoms with E-state index in [1.54, 1.807) is 0 Å². The largest absolute Gasteiger partial charge is 0.370 e. The summed E-state index contributed by atoms with van der Waals surface area (Å²) in [5, 5.41) is 0. The topological polar surface area (TPSA) is 48.1 Å². The van der Waals surface area contributed by atoms with Crippen molar-refractivity contribution in [3.8, 4) is 0 Å². The summed E-state index contributed by atoms with van der Waals surface area (Å²) in [4.78, 5) is 12.0. The van der Waals surface area contributed by atoms with Crippen LogP contribution in [0, 0.1) is 5.92 Å². The number of hydrogen-bond donors (Lipinski definition) is 1. The van der Waals surface area contributed by atoms with Gasteiger partial charge < -0.3 is 15.5 Å². The van der Waals surface area contributed by atoms with Gasteiger partial charge in [-0.25, -0.2) is 4.99 Å². The molecule has 1 aromatic carbocycles. The molecular formula is C21H34IN5. The molecule has 2 heterocycles. The van der Waals surface area contributed by atoms with E-state index in [-0.39, 0.29) is 24.0 Å². The second kappa shape index (κ2) is 9.96. The van der Waals surface area contributed by atoms with Gasteiger partial charge in [-0.1, -0.05) is 12.1 Å². The highest BCUT2D eigenvalue weighted by Crippen LogP contribution is 2.30. The van der Waals surface area contributed by atoms with Gasteiger partial charge in [0.05, 0.1) is 6.54 Å². The molecule has 1 aromatic rings. The Hall–Kier alpha value is -1.02. The highest BCUT2D eigenvalue weighted by atomic mass is 127. The lowest BCUT2D eigenvalue weighted by atomic mass is 10.1. The molecule has 5 nitrogen and oxygen atoms in total. The van der Waals surface area contributed by atoms with Crippen LogP contribution < -0.4 is 10.6 Å². The molecule has 0 bridgehead atoms. The van der Waals surface area contributed by atoms with Crippen LogP contribution in [0.4, 0.5) is 5.69 Å². The molecule has 0 radical (unpaired) electrons. The number of likely N-dealkylation sites (tertiary alicyclic amines) is 1. The molecule has 4 rings (SSSR count). The summed E-state index contributed by atoms with van der Waals surface area (Å²) in [6, 6.07) is 8.91. The van der Waals surface area contributed by atoms with Crippen LogP contribution in [0.3, 0.4) is 0 Å². The fourth-order valence-electron chi connectivity index (χ4n) is 4.06. The summed E-state index contributed by atoms with van der Waals surface area (Å²) in [6.07, 6.45) is 6.69. The van der Waals surface area contributed by atoms with Gasteiger partial charge in [0.2, 0.25) is 0 Å². The molecule has 3 fully saturated rings. The normalized spacial score (nSPS) is 21.9. The molecule has 150 valence electrons. The van der Waals surface area contributed by atoms with Crippen LogP contribution in [0.25, 0.3) is 0 Å². The number of benzene rings is 1. The van der Waals surface area contributed by atoms with Crippen molar-refractivity contribution in [2.75, 3.05) is 50.7 Å². The summed E-state index contributed by atoms with van der Waals surface area (Å²) in [7, 11) is 0. The molecule has 0 aromatic heterocycles. The molecule has 2 aliphatic heterocycles. The van der Waals surface area contributed by atoms with Crippen molar-refractivity contribution in [2.24, 2.45) is 16.6 Å². The molecule has 0 atom stereocenters. The SMILES string of the molecule is I.NC(=NCc1ccc(N2CCN(CC3CC3)CC2)cc1)N1CCCCC1. The van der Waals surface area contributed by atoms with E-state index in [1.165, 1.54) is 63.0 Å². The van der Waals surface area contributed by atoms with E-state index in [4.69, 9.17) is 5.73 Å². The van der Waals surface area contributed by atoms with Crippen molar-refractivity contribution in [1.82, 2.24) is 9.80 Å². The number of nitrogens with two attached hydrogens (primary N) is 1. The number of anilines is 1. The van der Waals surface area contributed by atoms with Crippen LogP contribution in [0.5, 0.6) is 0 Å². The molecule has 3 aliphatic rings. The minimum Gasteiger partial charge on any atom is -0.370 e. The molecular weight excluding hydrogens is 449 g/mol. The molecule has 2 N–H and O–H groups in total. The number of piperidine rings is 1. The Balaban J connectivity index is 0.00000210. The third-order valence-corrected chi connectivity index (χ3v) is 5.99. The standard InChI is InChI=1S/C21H33N5.HI/c22-21(26-10-2-1-3-11-26)23-16-18-6-8-20(9-7-18)25-14-12-24(13-15-25)17-19-4-5-19;/h6-9,19H,1-5,10-17H2,(H2,22,23);1H. The van der Waals surface area contributed by atoms with E-state index in [1.807, 2.05) is 0 Å². The predicted octanol–water partition coefficient (Wildman–Crippen LogP) is 3.14. The van der Waals surface area contributed by atoms with Crippen LogP contribution in [0.2, 0.25) is 0 Å². The zero-order valence-electron chi connectivity index (χ0n) is 16.4. The lowest BCUT2D eigenvalue weighted by Crippen LogP contribution is -2.47. The van der Waals surface area contributed by atoms with Gasteiger partial charge in [0.15, 0.2) is 5.96 Å². The van der Waals surface area contributed by atoms with E-state index in [0.29, 0.717) is 12.5 Å². The van der Waals surface area contributed by atoms with E-state index in [9.17, 15) is 0 Å². The average Bonchev–Trinajstić information content (AvgIpc) is 3.52. The summed E-state index contributed by atoms with van der Waals surface area (Å²) < 4.78 is 0. The zero-order valence-corrected chi connectivity index (χ0v) is 18.7. The van der Waals surface area contributed by atoms with Crippen molar-refractivity contribution in [2.45, 2.75) is 38.6 Å². The maximum Gasteiger partial charge on any atom is 0.191 e. The van der Waals surface area contributed by atoms with E-state index < -0.39 is 0 Å². The molecule has 1 saturated carbocycles. The van der Waals surface area contributed by atoms with Gasteiger partial charge >= 0.3 is 0 Å². The number of hydrogen-bond acceptors (Lipinski definition) is 3. The predicted molar refractivity (Wildman–Crippen MR) is 124 cm³/mol. The number of guanidine groups is 1. The maximum atomic E-state index is 6.16. The first-order valence-corrected chi connectivity index (χ1v) is 10.4. The first-order valence-electron chi connectivity index (χ1n) is 10.4. The van der Waals surface area contributed by atoms with Gasteiger partial charge in [-0.15, -0.1) is 24.0 Å². The maximum absolute atomic E-state index is 6.16. The van der Waals surface area contributed by atoms with Crippen molar-refractivity contribution < 1.29 is 0 Å². The fourth-order valence-corrected chi connectivity index (χ4v) is 4.06. The smallest absolute Gasteiger partial charge is 0.191 e. The van der Waals surface area contributed by atoms with Gasteiger partial charge in [-0.2, -0.15) is 0 Å². The Morgan fingerprint density at radius 2 is 1.59 bits per heavy atom. The molecule has 27 heavy (non-hydrogen) atoms. The summed E-state index contributed by atoms with van der Waals surface area (Å²) in [5.41, 5.74) is 8.74. The minimum atomic E-state index is 0. The second-order valence-corrected chi connectivity index (χ2v) is 8.12. The fraction of sp³-hybridized carbons (Fsp3) is 0.667. The lowest BCUT2D eigenvalue weighted by Gasteiger charge is -2.36. The van der Waals surface area contributed by atoms with Crippen molar-refractivity contribution in [3.63, 3.8) is 0 Å². The summed E-state index contributed by atoms with van der Waals surface area (Å²) in [5.74, 6) is 1.71. The van der Waals surface area contributed by atoms with Gasteiger partial charge in [-0.05, 0) is 55.7 Å². The van der Waals surface area contributed by atoms with E-state index in [0.717, 1.165) is 32.1 Å². The monoisotopic (exact) mass is 483 g/mol. The average molecular weight is 483 g/mol. The Bertz CT molecular complexity index is 600. The summed E-state index contributed by atoms with van der Waals surface area (Å²) in [6.45, 7) is 8.81. The number of nitrogens with zero attached hydrogens (tertiary/aromatic N) is 4. The third kappa shape index (κ3) is 5.98. The second-order valence-electron chi connectivity index (χ2n) is 8.12. The number of halogens is 1. The molecule has 0 spiro atoms. The van der Waals surface area contributed by atoms with E-state index >= 15 is 0 Å². The molecule has 0 amide bonds. The van der Waals surface area contributed by atoms with Gasteiger partial charge in [0.25, 0.3) is 0 Å². The number of rotatable bonds is 5. The van der Waals surface area contributed by atoms with Crippen LogP contribution >= 0.6 is 24.0 Å². The van der Waals surface area contributed by atoms with Crippen molar-refractivity contribution in [1.29, 1.82) is 0 Å². The summed E-state index contributed by atoms with van der Waals surface area (Å²) >= 11 is 0. The van der Waals surface area contributed by atoms with Gasteiger partial charge in [0, 0.05) is 51.5 Å². The third-order valence-electron chi connectivity index (χ3n) is 5.99. The molecule has 2 saturated heterocycles.